The molecule has 25 heavy (non-hydrogen) atoms. The highest BCUT2D eigenvalue weighted by Crippen LogP contribution is 2.40. The van der Waals surface area contributed by atoms with Crippen molar-refractivity contribution in [2.24, 2.45) is 0 Å². The maximum Gasteiger partial charge on any atom is 0.261 e. The molecule has 3 heteroatoms. The number of hydrogen-bond donors (Lipinski definition) is 0. The minimum Gasteiger partial charge on any atom is -0.400 e. The van der Waals surface area contributed by atoms with Crippen molar-refractivity contribution in [2.75, 3.05) is 0 Å². The molecule has 132 valence electrons. The Morgan fingerprint density at radius 3 is 1.88 bits per heavy atom. The molecule has 0 aliphatic heterocycles. The van der Waals surface area contributed by atoms with E-state index < -0.39 is 8.32 Å². The lowest BCUT2D eigenvalue weighted by atomic mass is 10.1. The van der Waals surface area contributed by atoms with Gasteiger partial charge in [0.1, 0.15) is 0 Å². The number of rotatable bonds is 4. The molecule has 0 fully saturated rings. The predicted octanol–water partition coefficient (Wildman–Crippen LogP) is 5.43. The summed E-state index contributed by atoms with van der Waals surface area (Å²) in [6.45, 7) is 7.04. The third kappa shape index (κ3) is 3.78. The average molecular weight is 462 g/mol. The Hall–Kier alpha value is -0.913. The monoisotopic (exact) mass is 462 g/mol. The van der Waals surface area contributed by atoms with E-state index in [-0.39, 0.29) is 11.1 Å². The normalized spacial score (nSPS) is 18.7. The molecule has 1 atom stereocenters. The van der Waals surface area contributed by atoms with Gasteiger partial charge in [0.05, 0.1) is 6.10 Å². The molecular formula is C22H27IOSi. The zero-order valence-electron chi connectivity index (χ0n) is 15.3. The van der Waals surface area contributed by atoms with Crippen LogP contribution in [0.5, 0.6) is 0 Å². The molecule has 2 aromatic rings. The molecule has 1 aliphatic carbocycles. The van der Waals surface area contributed by atoms with Crippen LogP contribution in [0.2, 0.25) is 5.04 Å². The van der Waals surface area contributed by atoms with Crippen LogP contribution in [-0.4, -0.2) is 14.4 Å². The van der Waals surface area contributed by atoms with Crippen LogP contribution in [-0.2, 0) is 4.43 Å². The lowest BCUT2D eigenvalue weighted by Gasteiger charge is -2.45. The third-order valence-electron chi connectivity index (χ3n) is 5.05. The number of benzene rings is 2. The molecule has 0 spiro atoms. The van der Waals surface area contributed by atoms with E-state index in [0.717, 1.165) is 6.42 Å². The van der Waals surface area contributed by atoms with Gasteiger partial charge in [0.25, 0.3) is 8.32 Å². The number of allylic oxidation sites excluding steroid dienone is 1. The van der Waals surface area contributed by atoms with Gasteiger partial charge < -0.3 is 4.43 Å². The van der Waals surface area contributed by atoms with Crippen molar-refractivity contribution in [2.45, 2.75) is 51.2 Å². The highest BCUT2D eigenvalue weighted by molar-refractivity contribution is 14.1. The Bertz CT molecular complexity index is 679. The van der Waals surface area contributed by atoms with Crippen molar-refractivity contribution in [1.82, 2.24) is 0 Å². The highest BCUT2D eigenvalue weighted by atomic mass is 127. The van der Waals surface area contributed by atoms with E-state index in [1.807, 2.05) is 0 Å². The fourth-order valence-corrected chi connectivity index (χ4v) is 9.51. The fraction of sp³-hybridized carbons (Fsp3) is 0.364. The Kier molecular flexibility index (Phi) is 5.86. The molecule has 0 radical (unpaired) electrons. The van der Waals surface area contributed by atoms with Crippen LogP contribution in [0.25, 0.3) is 0 Å². The van der Waals surface area contributed by atoms with E-state index in [2.05, 4.69) is 110 Å². The van der Waals surface area contributed by atoms with Gasteiger partial charge in [-0.15, -0.1) is 0 Å². The molecule has 1 nitrogen and oxygen atoms in total. The molecule has 2 aromatic carbocycles. The van der Waals surface area contributed by atoms with E-state index >= 15 is 0 Å². The van der Waals surface area contributed by atoms with E-state index in [9.17, 15) is 0 Å². The van der Waals surface area contributed by atoms with Crippen molar-refractivity contribution < 1.29 is 4.43 Å². The van der Waals surface area contributed by atoms with Gasteiger partial charge in [-0.1, -0.05) is 87.5 Å². The summed E-state index contributed by atoms with van der Waals surface area (Å²) in [4.78, 5) is 0. The fourth-order valence-electron chi connectivity index (χ4n) is 3.83. The summed E-state index contributed by atoms with van der Waals surface area (Å²) in [7, 11) is -2.42. The second kappa shape index (κ2) is 7.76. The van der Waals surface area contributed by atoms with Crippen LogP contribution in [0.15, 0.2) is 70.3 Å². The number of halogens is 1. The number of hydrogen-bond acceptors (Lipinski definition) is 1. The van der Waals surface area contributed by atoms with Gasteiger partial charge in [0.15, 0.2) is 0 Å². The lowest BCUT2D eigenvalue weighted by Crippen LogP contribution is -2.67. The maximum absolute atomic E-state index is 7.19. The summed E-state index contributed by atoms with van der Waals surface area (Å²) >= 11 is 2.48. The molecule has 0 aromatic heterocycles. The highest BCUT2D eigenvalue weighted by Gasteiger charge is 2.51. The Morgan fingerprint density at radius 1 is 0.920 bits per heavy atom. The summed E-state index contributed by atoms with van der Waals surface area (Å²) in [6, 6.07) is 21.9. The molecular weight excluding hydrogens is 435 g/mol. The molecule has 0 amide bonds. The minimum absolute atomic E-state index is 0.0457. The van der Waals surface area contributed by atoms with Crippen molar-refractivity contribution >= 4 is 41.3 Å². The van der Waals surface area contributed by atoms with E-state index in [4.69, 9.17) is 4.43 Å². The van der Waals surface area contributed by atoms with E-state index in [1.165, 1.54) is 26.8 Å². The molecule has 0 saturated carbocycles. The molecule has 0 bridgehead atoms. The van der Waals surface area contributed by atoms with Crippen molar-refractivity contribution in [3.63, 3.8) is 0 Å². The predicted molar refractivity (Wildman–Crippen MR) is 118 cm³/mol. The van der Waals surface area contributed by atoms with Crippen molar-refractivity contribution in [1.29, 1.82) is 0 Å². The zero-order valence-corrected chi connectivity index (χ0v) is 18.5. The quantitative estimate of drug-likeness (QED) is 0.435. The molecule has 1 aliphatic rings. The summed E-state index contributed by atoms with van der Waals surface area (Å²) in [5, 5.41) is 2.77. The summed E-state index contributed by atoms with van der Waals surface area (Å²) in [6.07, 6.45) is 6.10. The summed E-state index contributed by atoms with van der Waals surface area (Å²) in [5.74, 6) is 0. The second-order valence-electron chi connectivity index (χ2n) is 7.79. The second-order valence-corrected chi connectivity index (χ2v) is 13.3. The van der Waals surface area contributed by atoms with Crippen LogP contribution < -0.4 is 10.4 Å². The smallest absolute Gasteiger partial charge is 0.261 e. The van der Waals surface area contributed by atoms with Crippen molar-refractivity contribution in [3.8, 4) is 0 Å². The Labute approximate surface area is 166 Å². The van der Waals surface area contributed by atoms with Gasteiger partial charge in [0.2, 0.25) is 0 Å². The van der Waals surface area contributed by atoms with Crippen LogP contribution in [0, 0.1) is 0 Å². The van der Waals surface area contributed by atoms with Crippen molar-refractivity contribution in [3.05, 3.63) is 70.3 Å². The summed E-state index contributed by atoms with van der Waals surface area (Å²) in [5.41, 5.74) is 0. The molecule has 0 saturated heterocycles. The first-order valence-electron chi connectivity index (χ1n) is 9.09. The van der Waals surface area contributed by atoms with Gasteiger partial charge >= 0.3 is 0 Å². The van der Waals surface area contributed by atoms with Gasteiger partial charge in [-0.05, 0) is 57.3 Å². The van der Waals surface area contributed by atoms with Crippen LogP contribution in [0.3, 0.4) is 0 Å². The van der Waals surface area contributed by atoms with Gasteiger partial charge in [0, 0.05) is 3.58 Å². The topological polar surface area (TPSA) is 9.23 Å². The first-order chi connectivity index (χ1) is 11.9. The van der Waals surface area contributed by atoms with Crippen LogP contribution >= 0.6 is 22.6 Å². The first-order valence-corrected chi connectivity index (χ1v) is 12.1. The maximum atomic E-state index is 7.19. The Morgan fingerprint density at radius 2 is 1.44 bits per heavy atom. The molecule has 3 rings (SSSR count). The molecule has 0 unspecified atom stereocenters. The Balaban J connectivity index is 2.19. The van der Waals surface area contributed by atoms with E-state index in [0.29, 0.717) is 0 Å². The third-order valence-corrected chi connectivity index (χ3v) is 11.2. The van der Waals surface area contributed by atoms with Crippen LogP contribution in [0.1, 0.15) is 40.0 Å². The lowest BCUT2D eigenvalue weighted by molar-refractivity contribution is 0.213. The summed E-state index contributed by atoms with van der Waals surface area (Å²) < 4.78 is 8.56. The minimum atomic E-state index is -2.42. The van der Waals surface area contributed by atoms with Crippen LogP contribution in [0.4, 0.5) is 0 Å². The average Bonchev–Trinajstić information content (AvgIpc) is 2.61. The van der Waals surface area contributed by atoms with Gasteiger partial charge in [-0.3, -0.25) is 0 Å². The molecule has 0 N–H and O–H groups in total. The molecule has 0 heterocycles. The van der Waals surface area contributed by atoms with E-state index in [1.54, 1.807) is 0 Å². The van der Waals surface area contributed by atoms with Gasteiger partial charge in [-0.25, -0.2) is 0 Å². The standard InChI is InChI=1S/C22H27IOSi/c1-22(2,3)25(18-12-6-4-7-13-18,19-14-8-5-9-15-19)24-21-17-11-10-16-20(21)23/h4-9,12-16,21H,10-11,17H2,1-3H3/t21-/m1/s1. The van der Waals surface area contributed by atoms with Gasteiger partial charge in [-0.2, -0.15) is 0 Å². The SMILES string of the molecule is CC(C)(C)[Si](O[C@@H]1CCCC=C1I)(c1ccccc1)c1ccccc1. The zero-order chi connectivity index (χ0) is 17.9. The largest absolute Gasteiger partial charge is 0.400 e. The first kappa shape index (κ1) is 18.9.